The summed E-state index contributed by atoms with van der Waals surface area (Å²) in [4.78, 5) is 11.3. The SMILES string of the molecule is CCOc1ccccc1-c1nnc(SCC(=O)OC)n1CC. The Kier molecular flexibility index (Phi) is 5.83. The summed E-state index contributed by atoms with van der Waals surface area (Å²) < 4.78 is 12.3. The third-order valence-electron chi connectivity index (χ3n) is 3.01. The van der Waals surface area contributed by atoms with E-state index in [1.165, 1.54) is 18.9 Å². The number of carbonyl (C=O) groups excluding carboxylic acids is 1. The molecule has 2 rings (SSSR count). The minimum atomic E-state index is -0.285. The molecule has 1 heterocycles. The summed E-state index contributed by atoms with van der Waals surface area (Å²) in [5.74, 6) is 1.43. The lowest BCUT2D eigenvalue weighted by Gasteiger charge is -2.11. The van der Waals surface area contributed by atoms with Crippen molar-refractivity contribution in [2.24, 2.45) is 0 Å². The highest BCUT2D eigenvalue weighted by atomic mass is 32.2. The van der Waals surface area contributed by atoms with Gasteiger partial charge in [-0.15, -0.1) is 10.2 Å². The van der Waals surface area contributed by atoms with E-state index >= 15 is 0 Å². The van der Waals surface area contributed by atoms with Crippen LogP contribution in [0.1, 0.15) is 13.8 Å². The lowest BCUT2D eigenvalue weighted by Crippen LogP contribution is -2.06. The van der Waals surface area contributed by atoms with Crippen molar-refractivity contribution in [1.82, 2.24) is 14.8 Å². The molecule has 0 atom stereocenters. The predicted octanol–water partition coefficient (Wildman–Crippen LogP) is 2.63. The molecule has 0 fully saturated rings. The first-order valence-corrected chi connectivity index (χ1v) is 8.04. The van der Waals surface area contributed by atoms with E-state index in [1.807, 2.05) is 42.7 Å². The number of methoxy groups -OCH3 is 1. The van der Waals surface area contributed by atoms with Crippen LogP contribution >= 0.6 is 11.8 Å². The molecule has 0 saturated heterocycles. The van der Waals surface area contributed by atoms with E-state index < -0.39 is 0 Å². The van der Waals surface area contributed by atoms with Gasteiger partial charge in [-0.05, 0) is 26.0 Å². The third-order valence-corrected chi connectivity index (χ3v) is 3.95. The van der Waals surface area contributed by atoms with Crippen molar-refractivity contribution in [2.45, 2.75) is 25.5 Å². The van der Waals surface area contributed by atoms with Gasteiger partial charge >= 0.3 is 5.97 Å². The normalized spacial score (nSPS) is 10.5. The molecule has 0 amide bonds. The van der Waals surface area contributed by atoms with Gasteiger partial charge in [0.15, 0.2) is 11.0 Å². The van der Waals surface area contributed by atoms with Crippen molar-refractivity contribution < 1.29 is 14.3 Å². The monoisotopic (exact) mass is 321 g/mol. The quantitative estimate of drug-likeness (QED) is 0.577. The van der Waals surface area contributed by atoms with Crippen LogP contribution in [0.25, 0.3) is 11.4 Å². The predicted molar refractivity (Wildman–Crippen MR) is 85.0 cm³/mol. The van der Waals surface area contributed by atoms with Crippen LogP contribution in [0.4, 0.5) is 0 Å². The van der Waals surface area contributed by atoms with Crippen LogP contribution in [0.5, 0.6) is 5.75 Å². The average molecular weight is 321 g/mol. The summed E-state index contributed by atoms with van der Waals surface area (Å²) in [6.07, 6.45) is 0. The van der Waals surface area contributed by atoms with Gasteiger partial charge in [0.1, 0.15) is 5.75 Å². The molecule has 0 unspecified atom stereocenters. The second-order valence-corrected chi connectivity index (χ2v) is 5.29. The van der Waals surface area contributed by atoms with Gasteiger partial charge in [0.2, 0.25) is 0 Å². The van der Waals surface area contributed by atoms with Crippen LogP contribution in [-0.2, 0) is 16.1 Å². The van der Waals surface area contributed by atoms with Gasteiger partial charge in [-0.25, -0.2) is 0 Å². The fourth-order valence-corrected chi connectivity index (χ4v) is 2.83. The zero-order chi connectivity index (χ0) is 15.9. The third kappa shape index (κ3) is 3.59. The minimum absolute atomic E-state index is 0.210. The molecule has 1 aromatic heterocycles. The fourth-order valence-electron chi connectivity index (χ4n) is 1.99. The van der Waals surface area contributed by atoms with Crippen LogP contribution in [-0.4, -0.2) is 40.2 Å². The standard InChI is InChI=1S/C15H19N3O3S/c1-4-18-14(11-8-6-7-9-12(11)21-5-2)16-17-15(18)22-10-13(19)20-3/h6-9H,4-5,10H2,1-3H3. The lowest BCUT2D eigenvalue weighted by molar-refractivity contribution is -0.137. The Labute approximate surface area is 133 Å². The highest BCUT2D eigenvalue weighted by Crippen LogP contribution is 2.31. The number of hydrogen-bond acceptors (Lipinski definition) is 6. The molecule has 0 radical (unpaired) electrons. The fraction of sp³-hybridized carbons (Fsp3) is 0.400. The molecule has 2 aromatic rings. The molecule has 6 nitrogen and oxygen atoms in total. The van der Waals surface area contributed by atoms with E-state index in [1.54, 1.807) is 0 Å². The summed E-state index contributed by atoms with van der Waals surface area (Å²) >= 11 is 1.31. The number of benzene rings is 1. The minimum Gasteiger partial charge on any atom is -0.493 e. The van der Waals surface area contributed by atoms with Gasteiger partial charge in [-0.1, -0.05) is 23.9 Å². The van der Waals surface area contributed by atoms with Crippen LogP contribution in [0.2, 0.25) is 0 Å². The van der Waals surface area contributed by atoms with E-state index in [-0.39, 0.29) is 11.7 Å². The number of para-hydroxylation sites is 1. The number of ether oxygens (including phenoxy) is 2. The number of carbonyl (C=O) groups is 1. The summed E-state index contributed by atoms with van der Waals surface area (Å²) in [5.41, 5.74) is 0.892. The van der Waals surface area contributed by atoms with Crippen molar-refractivity contribution in [3.05, 3.63) is 24.3 Å². The largest absolute Gasteiger partial charge is 0.493 e. The first kappa shape index (κ1) is 16.4. The molecule has 0 aliphatic carbocycles. The van der Waals surface area contributed by atoms with E-state index in [9.17, 15) is 4.79 Å². The molecule has 0 spiro atoms. The Hall–Kier alpha value is -2.02. The van der Waals surface area contributed by atoms with Crippen LogP contribution in [0, 0.1) is 0 Å². The number of rotatable bonds is 7. The van der Waals surface area contributed by atoms with Gasteiger partial charge < -0.3 is 14.0 Å². The number of nitrogens with zero attached hydrogens (tertiary/aromatic N) is 3. The van der Waals surface area contributed by atoms with Gasteiger partial charge in [0.05, 0.1) is 25.0 Å². The van der Waals surface area contributed by atoms with Gasteiger partial charge in [0.25, 0.3) is 0 Å². The number of hydrogen-bond donors (Lipinski definition) is 0. The van der Waals surface area contributed by atoms with Crippen LogP contribution in [0.3, 0.4) is 0 Å². The second-order valence-electron chi connectivity index (χ2n) is 4.34. The molecule has 7 heteroatoms. The van der Waals surface area contributed by atoms with E-state index in [0.29, 0.717) is 18.3 Å². The van der Waals surface area contributed by atoms with Crippen LogP contribution < -0.4 is 4.74 Å². The smallest absolute Gasteiger partial charge is 0.316 e. The first-order valence-electron chi connectivity index (χ1n) is 7.06. The average Bonchev–Trinajstić information content (AvgIpc) is 2.96. The molecule has 0 bridgehead atoms. The molecule has 0 saturated carbocycles. The molecule has 0 N–H and O–H groups in total. The zero-order valence-electron chi connectivity index (χ0n) is 12.9. The van der Waals surface area contributed by atoms with Crippen LogP contribution in [0.15, 0.2) is 29.4 Å². The molecule has 22 heavy (non-hydrogen) atoms. The Morgan fingerprint density at radius 3 is 2.73 bits per heavy atom. The Morgan fingerprint density at radius 2 is 2.05 bits per heavy atom. The highest BCUT2D eigenvalue weighted by molar-refractivity contribution is 7.99. The summed E-state index contributed by atoms with van der Waals surface area (Å²) in [7, 11) is 1.37. The van der Waals surface area contributed by atoms with Gasteiger partial charge in [-0.2, -0.15) is 0 Å². The van der Waals surface area contributed by atoms with E-state index in [2.05, 4.69) is 14.9 Å². The van der Waals surface area contributed by atoms with Gasteiger partial charge in [-0.3, -0.25) is 4.79 Å². The molecular formula is C15H19N3O3S. The molecule has 0 aliphatic heterocycles. The van der Waals surface area contributed by atoms with Crippen molar-refractivity contribution in [2.75, 3.05) is 19.5 Å². The van der Waals surface area contributed by atoms with Crippen molar-refractivity contribution >= 4 is 17.7 Å². The number of thioether (sulfide) groups is 1. The van der Waals surface area contributed by atoms with Crippen molar-refractivity contribution in [3.63, 3.8) is 0 Å². The maximum Gasteiger partial charge on any atom is 0.316 e. The maximum atomic E-state index is 11.3. The maximum absolute atomic E-state index is 11.3. The number of esters is 1. The zero-order valence-corrected chi connectivity index (χ0v) is 13.7. The topological polar surface area (TPSA) is 66.2 Å². The van der Waals surface area contributed by atoms with Crippen molar-refractivity contribution in [1.29, 1.82) is 0 Å². The molecule has 118 valence electrons. The second kappa shape index (κ2) is 7.84. The van der Waals surface area contributed by atoms with Gasteiger partial charge in [0, 0.05) is 6.54 Å². The first-order chi connectivity index (χ1) is 10.7. The van der Waals surface area contributed by atoms with E-state index in [0.717, 1.165) is 17.1 Å². The Balaban J connectivity index is 2.32. The summed E-state index contributed by atoms with van der Waals surface area (Å²) in [6.45, 7) is 5.24. The van der Waals surface area contributed by atoms with E-state index in [4.69, 9.17) is 4.74 Å². The lowest BCUT2D eigenvalue weighted by atomic mass is 10.2. The number of aromatic nitrogens is 3. The summed E-state index contributed by atoms with van der Waals surface area (Å²) in [6, 6.07) is 7.73. The van der Waals surface area contributed by atoms with Crippen molar-refractivity contribution in [3.8, 4) is 17.1 Å². The Bertz CT molecular complexity index is 643. The highest BCUT2D eigenvalue weighted by Gasteiger charge is 2.17. The molecule has 0 aliphatic rings. The molecule has 1 aromatic carbocycles. The molecular weight excluding hydrogens is 302 g/mol. The Morgan fingerprint density at radius 1 is 1.27 bits per heavy atom. The summed E-state index contributed by atoms with van der Waals surface area (Å²) in [5, 5.41) is 9.14.